The summed E-state index contributed by atoms with van der Waals surface area (Å²) in [6.45, 7) is 14.8. The highest BCUT2D eigenvalue weighted by atomic mass is 16.4. The summed E-state index contributed by atoms with van der Waals surface area (Å²) in [6.07, 6.45) is 3.81. The summed E-state index contributed by atoms with van der Waals surface area (Å²) in [5.74, 6) is -0.779. The third-order valence-electron chi connectivity index (χ3n) is 13.3. The van der Waals surface area contributed by atoms with E-state index in [0.717, 1.165) is 31.3 Å². The lowest BCUT2D eigenvalue weighted by atomic mass is 9.33. The summed E-state index contributed by atoms with van der Waals surface area (Å²) in [6, 6.07) is 0. The van der Waals surface area contributed by atoms with E-state index in [2.05, 4.69) is 40.3 Å². The van der Waals surface area contributed by atoms with E-state index in [4.69, 9.17) is 0 Å². The number of carboxylic acid groups (broad SMARTS) is 1. The molecule has 4 saturated carbocycles. The maximum absolute atomic E-state index is 12.8. The van der Waals surface area contributed by atoms with Crippen molar-refractivity contribution in [1.82, 2.24) is 0 Å². The van der Waals surface area contributed by atoms with Gasteiger partial charge in [-0.2, -0.15) is 0 Å². The van der Waals surface area contributed by atoms with Crippen LogP contribution >= 0.6 is 0 Å². The van der Waals surface area contributed by atoms with Gasteiger partial charge < -0.3 is 25.5 Å². The molecule has 5 rings (SSSR count). The highest BCUT2D eigenvalue weighted by Gasteiger charge is 2.72. The van der Waals surface area contributed by atoms with Crippen molar-refractivity contribution in [3.05, 3.63) is 23.8 Å². The summed E-state index contributed by atoms with van der Waals surface area (Å²) >= 11 is 0. The van der Waals surface area contributed by atoms with Crippen molar-refractivity contribution in [3.8, 4) is 0 Å². The number of hydrogen-bond donors (Lipinski definition) is 5. The number of carboxylic acids is 1. The van der Waals surface area contributed by atoms with E-state index in [9.17, 15) is 30.3 Å². The van der Waals surface area contributed by atoms with Gasteiger partial charge in [-0.25, -0.2) is 0 Å². The smallest absolute Gasteiger partial charge is 0.310 e. The van der Waals surface area contributed by atoms with Crippen molar-refractivity contribution in [1.29, 1.82) is 0 Å². The molecular formula is C30H46O6. The molecule has 36 heavy (non-hydrogen) atoms. The molecule has 6 heteroatoms. The largest absolute Gasteiger partial charge is 0.481 e. The van der Waals surface area contributed by atoms with Crippen LogP contribution in [0.2, 0.25) is 0 Å². The molecule has 0 aliphatic heterocycles. The number of rotatable bonds is 2. The number of fused-ring (bicyclic) bond motifs is 7. The second-order valence-corrected chi connectivity index (χ2v) is 14.1. The number of aliphatic hydroxyl groups excluding tert-OH is 4. The van der Waals surface area contributed by atoms with E-state index < -0.39 is 40.5 Å². The van der Waals surface area contributed by atoms with Crippen LogP contribution in [0, 0.1) is 50.7 Å². The molecule has 6 nitrogen and oxygen atoms in total. The van der Waals surface area contributed by atoms with Crippen LogP contribution in [-0.4, -0.2) is 56.4 Å². The van der Waals surface area contributed by atoms with Gasteiger partial charge in [0.15, 0.2) is 0 Å². The first-order valence-corrected chi connectivity index (χ1v) is 13.9. The van der Waals surface area contributed by atoms with E-state index >= 15 is 0 Å². The fourth-order valence-corrected chi connectivity index (χ4v) is 10.7. The van der Waals surface area contributed by atoms with Crippen LogP contribution in [0.5, 0.6) is 0 Å². The molecule has 0 spiro atoms. The first-order chi connectivity index (χ1) is 16.7. The van der Waals surface area contributed by atoms with Crippen molar-refractivity contribution in [3.63, 3.8) is 0 Å². The third-order valence-corrected chi connectivity index (χ3v) is 13.3. The van der Waals surface area contributed by atoms with E-state index in [1.54, 1.807) is 0 Å². The Kier molecular flexibility index (Phi) is 5.80. The van der Waals surface area contributed by atoms with Gasteiger partial charge in [0, 0.05) is 16.7 Å². The molecule has 0 heterocycles. The molecule has 0 aromatic heterocycles. The zero-order chi connectivity index (χ0) is 26.6. The van der Waals surface area contributed by atoms with Crippen LogP contribution in [0.4, 0.5) is 0 Å². The second-order valence-electron chi connectivity index (χ2n) is 14.1. The first kappa shape index (κ1) is 26.4. The van der Waals surface area contributed by atoms with Crippen molar-refractivity contribution < 1.29 is 30.3 Å². The SMILES string of the molecule is C=C1CC[C@]2(C(=O)O)CC[C@]3(C)C(=CC[C@@H]4[C@@]5(C)[C@@H](O)[C@@H](O)[C@H](O)[C@](C)(CO)[C@@H]5CC[C@]43C)[C@@H]2[C@H]1C. The van der Waals surface area contributed by atoms with Gasteiger partial charge in [0.25, 0.3) is 0 Å². The number of aliphatic hydroxyl groups is 4. The Labute approximate surface area is 215 Å². The zero-order valence-electron chi connectivity index (χ0n) is 22.6. The molecule has 0 aromatic rings. The van der Waals surface area contributed by atoms with Crippen molar-refractivity contribution >= 4 is 5.97 Å². The molecule has 5 N–H and O–H groups in total. The summed E-state index contributed by atoms with van der Waals surface area (Å²) in [5, 5.41) is 54.4. The number of carbonyl (C=O) groups is 1. The van der Waals surface area contributed by atoms with Crippen molar-refractivity contribution in [2.45, 2.75) is 97.9 Å². The van der Waals surface area contributed by atoms with Crippen LogP contribution in [0.1, 0.15) is 79.6 Å². The van der Waals surface area contributed by atoms with Crippen LogP contribution < -0.4 is 0 Å². The molecule has 0 saturated heterocycles. The highest BCUT2D eigenvalue weighted by Crippen LogP contribution is 2.75. The molecule has 0 unspecified atom stereocenters. The number of hydrogen-bond acceptors (Lipinski definition) is 5. The zero-order valence-corrected chi connectivity index (χ0v) is 22.6. The molecule has 5 aliphatic carbocycles. The second kappa shape index (κ2) is 7.91. The Morgan fingerprint density at radius 2 is 1.69 bits per heavy atom. The lowest BCUT2D eigenvalue weighted by molar-refractivity contribution is -0.287. The van der Waals surface area contributed by atoms with Gasteiger partial charge >= 0.3 is 5.97 Å². The van der Waals surface area contributed by atoms with Gasteiger partial charge in [-0.3, -0.25) is 4.79 Å². The van der Waals surface area contributed by atoms with E-state index in [-0.39, 0.29) is 41.1 Å². The molecule has 0 amide bonds. The molecule has 0 aromatic carbocycles. The lowest BCUT2D eigenvalue weighted by Crippen LogP contribution is -2.73. The molecule has 0 bridgehead atoms. The van der Waals surface area contributed by atoms with Crippen LogP contribution in [-0.2, 0) is 4.79 Å². The Bertz CT molecular complexity index is 1010. The fourth-order valence-electron chi connectivity index (χ4n) is 10.7. The number of allylic oxidation sites excluding steroid dienone is 3. The standard InChI is InChI=1S/C30H46O6/c1-16-9-12-30(25(35)36)14-13-27(4)18(21(30)17(16)2)7-8-20-28(27,5)11-10-19-26(3,15-31)23(33)22(32)24(34)29(19,20)6/h7,17,19-24,31-34H,1,8-15H2,2-6H3,(H,35,36)/t17-,19-,20-,21-,22-,23-,24-,26+,27+,28+,29-,30-/m0/s1. The van der Waals surface area contributed by atoms with E-state index in [1.165, 1.54) is 5.57 Å². The summed E-state index contributed by atoms with van der Waals surface area (Å²) in [5.41, 5.74) is -0.404. The fraction of sp³-hybridized carbons (Fsp3) is 0.833. The predicted octanol–water partition coefficient (Wildman–Crippen LogP) is 3.92. The lowest BCUT2D eigenvalue weighted by Gasteiger charge is -2.72. The van der Waals surface area contributed by atoms with Gasteiger partial charge in [0.2, 0.25) is 0 Å². The summed E-state index contributed by atoms with van der Waals surface area (Å²) < 4.78 is 0. The maximum atomic E-state index is 12.8. The van der Waals surface area contributed by atoms with Gasteiger partial charge in [-0.15, -0.1) is 0 Å². The molecule has 5 aliphatic rings. The quantitative estimate of drug-likeness (QED) is 0.365. The Hall–Kier alpha value is -1.21. The molecule has 4 fully saturated rings. The topological polar surface area (TPSA) is 118 Å². The van der Waals surface area contributed by atoms with Gasteiger partial charge in [0.1, 0.15) is 6.10 Å². The summed E-state index contributed by atoms with van der Waals surface area (Å²) in [4.78, 5) is 12.8. The third kappa shape index (κ3) is 2.80. The average molecular weight is 503 g/mol. The molecular weight excluding hydrogens is 456 g/mol. The van der Waals surface area contributed by atoms with Crippen LogP contribution in [0.3, 0.4) is 0 Å². The molecule has 0 radical (unpaired) electrons. The minimum atomic E-state index is -1.32. The van der Waals surface area contributed by atoms with Crippen LogP contribution in [0.15, 0.2) is 23.8 Å². The van der Waals surface area contributed by atoms with Crippen molar-refractivity contribution in [2.24, 2.45) is 50.7 Å². The Morgan fingerprint density at radius 3 is 2.31 bits per heavy atom. The van der Waals surface area contributed by atoms with Gasteiger partial charge in [0.05, 0.1) is 24.2 Å². The maximum Gasteiger partial charge on any atom is 0.310 e. The average Bonchev–Trinajstić information content (AvgIpc) is 2.84. The minimum absolute atomic E-state index is 0.0277. The van der Waals surface area contributed by atoms with Crippen LogP contribution in [0.25, 0.3) is 0 Å². The number of aliphatic carboxylic acids is 1. The monoisotopic (exact) mass is 502 g/mol. The normalized spacial score (nSPS) is 56.5. The van der Waals surface area contributed by atoms with Crippen molar-refractivity contribution in [2.75, 3.05) is 6.61 Å². The molecule has 12 atom stereocenters. The van der Waals surface area contributed by atoms with E-state index in [0.29, 0.717) is 19.3 Å². The first-order valence-electron chi connectivity index (χ1n) is 13.9. The minimum Gasteiger partial charge on any atom is -0.481 e. The highest BCUT2D eigenvalue weighted by molar-refractivity contribution is 5.77. The van der Waals surface area contributed by atoms with E-state index in [1.807, 2.05) is 6.92 Å². The van der Waals surface area contributed by atoms with Gasteiger partial charge in [-0.1, -0.05) is 58.4 Å². The Balaban J connectivity index is 1.66. The van der Waals surface area contributed by atoms with Gasteiger partial charge in [-0.05, 0) is 73.5 Å². The predicted molar refractivity (Wildman–Crippen MR) is 137 cm³/mol. The molecule has 202 valence electrons. The Morgan fingerprint density at radius 1 is 1.03 bits per heavy atom. The summed E-state index contributed by atoms with van der Waals surface area (Å²) in [7, 11) is 0.